The summed E-state index contributed by atoms with van der Waals surface area (Å²) in [6.45, 7) is 2.29. The van der Waals surface area contributed by atoms with Gasteiger partial charge in [-0.3, -0.25) is 14.4 Å². The minimum absolute atomic E-state index is 0.188. The Morgan fingerprint density at radius 3 is 2.70 bits per heavy atom. The van der Waals surface area contributed by atoms with E-state index in [1.807, 2.05) is 47.0 Å². The Bertz CT molecular complexity index is 1280. The summed E-state index contributed by atoms with van der Waals surface area (Å²) in [5, 5.41) is 6.42. The van der Waals surface area contributed by atoms with Crippen molar-refractivity contribution >= 4 is 28.6 Å². The summed E-state index contributed by atoms with van der Waals surface area (Å²) in [5.41, 5.74) is 1.17. The van der Waals surface area contributed by atoms with Crippen LogP contribution in [0.5, 0.6) is 11.5 Å². The molecule has 9 heteroatoms. The molecule has 1 atom stereocenters. The van der Waals surface area contributed by atoms with Crippen molar-refractivity contribution < 1.29 is 23.9 Å². The fourth-order valence-electron chi connectivity index (χ4n) is 4.26. The van der Waals surface area contributed by atoms with Gasteiger partial charge in [0.1, 0.15) is 11.2 Å². The van der Waals surface area contributed by atoms with Gasteiger partial charge in [0.25, 0.3) is 5.91 Å². The molecule has 3 heterocycles. The van der Waals surface area contributed by atoms with Crippen molar-refractivity contribution in [2.24, 2.45) is 0 Å². The molecule has 0 bridgehead atoms. The van der Waals surface area contributed by atoms with Crippen LogP contribution in [0.25, 0.3) is 10.9 Å². The topological polar surface area (TPSA) is 102 Å². The summed E-state index contributed by atoms with van der Waals surface area (Å²) in [4.78, 5) is 39.9. The number of rotatable bonds is 5. The van der Waals surface area contributed by atoms with Gasteiger partial charge in [-0.2, -0.15) is 0 Å². The molecule has 1 aromatic heterocycles. The van der Waals surface area contributed by atoms with Crippen LogP contribution in [0.2, 0.25) is 0 Å². The molecule has 0 spiro atoms. The van der Waals surface area contributed by atoms with Crippen molar-refractivity contribution in [3.63, 3.8) is 0 Å². The van der Waals surface area contributed by atoms with E-state index in [-0.39, 0.29) is 31.1 Å². The van der Waals surface area contributed by atoms with E-state index < -0.39 is 5.54 Å². The quantitative estimate of drug-likeness (QED) is 0.618. The number of aromatic nitrogens is 1. The van der Waals surface area contributed by atoms with E-state index in [1.54, 1.807) is 20.0 Å². The predicted octanol–water partition coefficient (Wildman–Crippen LogP) is 1.65. The number of nitrogens with one attached hydrogen (secondary N) is 2. The summed E-state index contributed by atoms with van der Waals surface area (Å²) in [6.07, 6.45) is 0. The molecule has 0 radical (unpaired) electrons. The zero-order valence-corrected chi connectivity index (χ0v) is 18.4. The standard InChI is InChI=1S/C24H24N4O5/c1-24(13-28-17-6-4-3-5-16(17)10-18(28)22(30)27(24)2)23(31)26-12-21(29)25-11-15-7-8-19-20(9-15)33-14-32-19/h3-10H,11-14H2,1-2H3,(H,25,29)(H,26,31)/t24-/m0/s1. The predicted molar refractivity (Wildman–Crippen MR) is 120 cm³/mol. The lowest BCUT2D eigenvalue weighted by Crippen LogP contribution is -2.63. The van der Waals surface area contributed by atoms with E-state index in [9.17, 15) is 14.4 Å². The minimum Gasteiger partial charge on any atom is -0.454 e. The van der Waals surface area contributed by atoms with Gasteiger partial charge in [0.05, 0.1) is 13.1 Å². The minimum atomic E-state index is -1.14. The van der Waals surface area contributed by atoms with Gasteiger partial charge in [0.15, 0.2) is 11.5 Å². The summed E-state index contributed by atoms with van der Waals surface area (Å²) in [6, 6.07) is 15.0. The normalized spacial score (nSPS) is 18.8. The average molecular weight is 448 g/mol. The molecule has 0 unspecified atom stereocenters. The number of carbonyl (C=O) groups excluding carboxylic acids is 3. The van der Waals surface area contributed by atoms with Crippen LogP contribution in [-0.2, 0) is 22.7 Å². The Labute approximate surface area is 190 Å². The fourth-order valence-corrected chi connectivity index (χ4v) is 4.26. The van der Waals surface area contributed by atoms with Crippen LogP contribution in [0, 0.1) is 0 Å². The SMILES string of the molecule is CN1C(=O)c2cc3ccccc3n2C[C@@]1(C)C(=O)NCC(=O)NCc1ccc2c(c1)OCO2. The van der Waals surface area contributed by atoms with Crippen LogP contribution in [-0.4, -0.2) is 53.1 Å². The lowest BCUT2D eigenvalue weighted by molar-refractivity contribution is -0.134. The first-order valence-corrected chi connectivity index (χ1v) is 10.7. The number of ether oxygens (including phenoxy) is 2. The number of amides is 3. The lowest BCUT2D eigenvalue weighted by Gasteiger charge is -2.41. The molecule has 2 aliphatic heterocycles. The van der Waals surface area contributed by atoms with Gasteiger partial charge >= 0.3 is 0 Å². The van der Waals surface area contributed by atoms with E-state index in [2.05, 4.69) is 10.6 Å². The molecular weight excluding hydrogens is 424 g/mol. The molecule has 2 aliphatic rings. The number of para-hydroxylation sites is 1. The van der Waals surface area contributed by atoms with Gasteiger partial charge in [0, 0.05) is 24.5 Å². The monoisotopic (exact) mass is 448 g/mol. The first kappa shape index (κ1) is 20.9. The second kappa shape index (κ2) is 7.84. The summed E-state index contributed by atoms with van der Waals surface area (Å²) >= 11 is 0. The Balaban J connectivity index is 1.23. The molecule has 0 aliphatic carbocycles. The number of hydrogen-bond acceptors (Lipinski definition) is 5. The van der Waals surface area contributed by atoms with Crippen molar-refractivity contribution in [2.75, 3.05) is 20.4 Å². The molecule has 5 rings (SSSR count). The van der Waals surface area contributed by atoms with Gasteiger partial charge in [-0.15, -0.1) is 0 Å². The molecule has 9 nitrogen and oxygen atoms in total. The smallest absolute Gasteiger partial charge is 0.271 e. The third-order valence-corrected chi connectivity index (χ3v) is 6.37. The third-order valence-electron chi connectivity index (χ3n) is 6.37. The van der Waals surface area contributed by atoms with Crippen molar-refractivity contribution in [3.05, 3.63) is 59.8 Å². The zero-order valence-electron chi connectivity index (χ0n) is 18.4. The van der Waals surface area contributed by atoms with E-state index >= 15 is 0 Å². The summed E-state index contributed by atoms with van der Waals surface area (Å²) < 4.78 is 12.5. The van der Waals surface area contributed by atoms with E-state index in [4.69, 9.17) is 9.47 Å². The second-order valence-electron chi connectivity index (χ2n) is 8.46. The van der Waals surface area contributed by atoms with Crippen molar-refractivity contribution in [1.29, 1.82) is 0 Å². The molecule has 3 aromatic rings. The summed E-state index contributed by atoms with van der Waals surface area (Å²) in [7, 11) is 1.61. The summed E-state index contributed by atoms with van der Waals surface area (Å²) in [5.74, 6) is 0.365. The lowest BCUT2D eigenvalue weighted by atomic mass is 9.95. The van der Waals surface area contributed by atoms with Crippen molar-refractivity contribution in [1.82, 2.24) is 20.1 Å². The highest BCUT2D eigenvalue weighted by molar-refractivity contribution is 6.03. The number of fused-ring (bicyclic) bond motifs is 4. The highest BCUT2D eigenvalue weighted by Crippen LogP contribution is 2.33. The highest BCUT2D eigenvalue weighted by Gasteiger charge is 2.45. The maximum absolute atomic E-state index is 13.1. The molecule has 0 saturated carbocycles. The second-order valence-corrected chi connectivity index (χ2v) is 8.46. The van der Waals surface area contributed by atoms with E-state index in [0.717, 1.165) is 16.5 Å². The van der Waals surface area contributed by atoms with Crippen LogP contribution >= 0.6 is 0 Å². The maximum atomic E-state index is 13.1. The molecule has 2 aromatic carbocycles. The largest absolute Gasteiger partial charge is 0.454 e. The molecular formula is C24H24N4O5. The highest BCUT2D eigenvalue weighted by atomic mass is 16.7. The first-order valence-electron chi connectivity index (χ1n) is 10.7. The first-order chi connectivity index (χ1) is 15.9. The maximum Gasteiger partial charge on any atom is 0.271 e. The Kier molecular flexibility index (Phi) is 4.96. The number of hydrogen-bond donors (Lipinski definition) is 2. The van der Waals surface area contributed by atoms with Crippen LogP contribution in [0.3, 0.4) is 0 Å². The van der Waals surface area contributed by atoms with Crippen molar-refractivity contribution in [2.45, 2.75) is 25.6 Å². The molecule has 0 saturated heterocycles. The number of likely N-dealkylation sites (N-methyl/N-ethyl adjacent to an activating group) is 1. The van der Waals surface area contributed by atoms with Crippen LogP contribution in [0.1, 0.15) is 23.0 Å². The van der Waals surface area contributed by atoms with Gasteiger partial charge in [0.2, 0.25) is 18.6 Å². The van der Waals surface area contributed by atoms with Crippen molar-refractivity contribution in [3.8, 4) is 11.5 Å². The van der Waals surface area contributed by atoms with Gasteiger partial charge < -0.3 is 29.6 Å². The van der Waals surface area contributed by atoms with Gasteiger partial charge in [-0.25, -0.2) is 0 Å². The molecule has 3 amide bonds. The number of nitrogens with zero attached hydrogens (tertiary/aromatic N) is 2. The third kappa shape index (κ3) is 3.55. The fraction of sp³-hybridized carbons (Fsp3) is 0.292. The Morgan fingerprint density at radius 2 is 1.85 bits per heavy atom. The van der Waals surface area contributed by atoms with Crippen LogP contribution in [0.15, 0.2) is 48.5 Å². The molecule has 2 N–H and O–H groups in total. The van der Waals surface area contributed by atoms with Crippen LogP contribution in [0.4, 0.5) is 0 Å². The zero-order chi connectivity index (χ0) is 23.2. The van der Waals surface area contributed by atoms with Gasteiger partial charge in [-0.1, -0.05) is 24.3 Å². The van der Waals surface area contributed by atoms with Crippen LogP contribution < -0.4 is 20.1 Å². The van der Waals surface area contributed by atoms with E-state index in [1.165, 1.54) is 4.90 Å². The van der Waals surface area contributed by atoms with E-state index in [0.29, 0.717) is 30.3 Å². The Hall–Kier alpha value is -4.01. The molecule has 170 valence electrons. The molecule has 33 heavy (non-hydrogen) atoms. The Morgan fingerprint density at radius 1 is 1.06 bits per heavy atom. The van der Waals surface area contributed by atoms with Gasteiger partial charge in [-0.05, 0) is 36.8 Å². The average Bonchev–Trinajstić information content (AvgIpc) is 3.44. The number of benzene rings is 2. The molecule has 0 fully saturated rings. The number of carbonyl (C=O) groups is 3.